The molecule has 2 atom stereocenters. The molecule has 2 N–H and O–H groups in total. The van der Waals surface area contributed by atoms with Crippen molar-refractivity contribution in [2.75, 3.05) is 10.6 Å². The lowest BCUT2D eigenvalue weighted by atomic mass is 9.64. The number of rotatable bonds is 4. The van der Waals surface area contributed by atoms with Crippen LogP contribution in [0.5, 0.6) is 0 Å². The Bertz CT molecular complexity index is 685. The van der Waals surface area contributed by atoms with Crippen LogP contribution in [0.25, 0.3) is 0 Å². The summed E-state index contributed by atoms with van der Waals surface area (Å²) >= 11 is 0. The molecule has 0 saturated heterocycles. The average Bonchev–Trinajstić information content (AvgIpc) is 2.75. The van der Waals surface area contributed by atoms with Gasteiger partial charge in [0.15, 0.2) is 0 Å². The van der Waals surface area contributed by atoms with Gasteiger partial charge in [-0.2, -0.15) is 0 Å². The number of amides is 2. The zero-order valence-electron chi connectivity index (χ0n) is 16.7. The van der Waals surface area contributed by atoms with E-state index in [1.807, 2.05) is 24.3 Å². The van der Waals surface area contributed by atoms with E-state index < -0.39 is 0 Å². The van der Waals surface area contributed by atoms with Gasteiger partial charge in [0, 0.05) is 23.2 Å². The van der Waals surface area contributed by atoms with Crippen molar-refractivity contribution in [1.29, 1.82) is 0 Å². The van der Waals surface area contributed by atoms with Crippen LogP contribution in [0.4, 0.5) is 11.4 Å². The van der Waals surface area contributed by atoms with Crippen molar-refractivity contribution >= 4 is 23.2 Å². The topological polar surface area (TPSA) is 58.2 Å². The number of carbonyl (C=O) groups excluding carboxylic acids is 2. The fraction of sp³-hybridized carbons (Fsp3) is 0.667. The third-order valence-electron chi connectivity index (χ3n) is 8.17. The van der Waals surface area contributed by atoms with E-state index in [2.05, 4.69) is 10.6 Å². The van der Waals surface area contributed by atoms with Crippen LogP contribution in [-0.2, 0) is 9.59 Å². The van der Waals surface area contributed by atoms with Crippen molar-refractivity contribution in [2.24, 2.45) is 35.5 Å². The van der Waals surface area contributed by atoms with Gasteiger partial charge in [0.2, 0.25) is 11.8 Å². The predicted octanol–water partition coefficient (Wildman–Crippen LogP) is 5.22. The van der Waals surface area contributed by atoms with Gasteiger partial charge in [-0.25, -0.2) is 0 Å². The fourth-order valence-electron chi connectivity index (χ4n) is 6.54. The number of benzene rings is 1. The van der Waals surface area contributed by atoms with Crippen molar-refractivity contribution in [3.63, 3.8) is 0 Å². The Morgan fingerprint density at radius 1 is 0.679 bits per heavy atom. The first kappa shape index (κ1) is 18.2. The van der Waals surface area contributed by atoms with Gasteiger partial charge in [-0.1, -0.05) is 31.7 Å². The Labute approximate surface area is 167 Å². The molecular formula is C24H32N2O2. The van der Waals surface area contributed by atoms with E-state index in [9.17, 15) is 9.59 Å². The predicted molar refractivity (Wildman–Crippen MR) is 111 cm³/mol. The summed E-state index contributed by atoms with van der Waals surface area (Å²) < 4.78 is 0. The van der Waals surface area contributed by atoms with Crippen molar-refractivity contribution in [2.45, 2.75) is 64.2 Å². The quantitative estimate of drug-likeness (QED) is 0.753. The highest BCUT2D eigenvalue weighted by atomic mass is 16.2. The first-order valence-electron chi connectivity index (χ1n) is 11.4. The summed E-state index contributed by atoms with van der Waals surface area (Å²) in [4.78, 5) is 25.7. The molecule has 6 aliphatic rings. The van der Waals surface area contributed by atoms with Crippen LogP contribution < -0.4 is 10.6 Å². The standard InChI is InChI=1S/C24H32N2O2/c27-23(21-12-15-4-8-17(21)9-5-15)25-19-2-1-3-20(14-19)26-24(28)22-13-16-6-10-18(22)11-7-16/h1-3,14-18,21-22H,4-13H2,(H,25,27)(H,26,28). The van der Waals surface area contributed by atoms with Gasteiger partial charge < -0.3 is 10.6 Å². The highest BCUT2D eigenvalue weighted by Crippen LogP contribution is 2.46. The minimum absolute atomic E-state index is 0.169. The molecule has 4 bridgehead atoms. The minimum Gasteiger partial charge on any atom is -0.326 e. The Hall–Kier alpha value is -1.84. The van der Waals surface area contributed by atoms with Crippen molar-refractivity contribution in [3.05, 3.63) is 24.3 Å². The smallest absolute Gasteiger partial charge is 0.227 e. The van der Waals surface area contributed by atoms with Gasteiger partial charge in [-0.15, -0.1) is 0 Å². The number of carbonyl (C=O) groups is 2. The molecule has 6 fully saturated rings. The summed E-state index contributed by atoms with van der Waals surface area (Å²) in [6.07, 6.45) is 12.2. The minimum atomic E-state index is 0.169. The Balaban J connectivity index is 1.21. The highest BCUT2D eigenvalue weighted by Gasteiger charge is 2.40. The molecule has 0 spiro atoms. The molecule has 4 nitrogen and oxygen atoms in total. The number of anilines is 2. The fourth-order valence-corrected chi connectivity index (χ4v) is 6.54. The van der Waals surface area contributed by atoms with Gasteiger partial charge >= 0.3 is 0 Å². The lowest BCUT2D eigenvalue weighted by Crippen LogP contribution is -2.39. The molecule has 1 aromatic carbocycles. The third-order valence-corrected chi connectivity index (χ3v) is 8.17. The summed E-state index contributed by atoms with van der Waals surface area (Å²) in [5.41, 5.74) is 1.60. The molecule has 28 heavy (non-hydrogen) atoms. The maximum Gasteiger partial charge on any atom is 0.227 e. The maximum atomic E-state index is 12.8. The largest absolute Gasteiger partial charge is 0.326 e. The van der Waals surface area contributed by atoms with Crippen LogP contribution in [0.1, 0.15) is 64.2 Å². The first-order valence-corrected chi connectivity index (χ1v) is 11.4. The monoisotopic (exact) mass is 380 g/mol. The lowest BCUT2D eigenvalue weighted by Gasteiger charge is -2.41. The van der Waals surface area contributed by atoms with E-state index in [1.54, 1.807) is 0 Å². The van der Waals surface area contributed by atoms with Gasteiger partial charge in [0.25, 0.3) is 0 Å². The number of hydrogen-bond acceptors (Lipinski definition) is 2. The van der Waals surface area contributed by atoms with Crippen LogP contribution in [0, 0.1) is 35.5 Å². The summed E-state index contributed by atoms with van der Waals surface area (Å²) in [5.74, 6) is 3.30. The molecule has 2 amide bonds. The molecule has 0 radical (unpaired) electrons. The van der Waals surface area contributed by atoms with Gasteiger partial charge in [0.05, 0.1) is 0 Å². The van der Waals surface area contributed by atoms with E-state index in [0.29, 0.717) is 11.8 Å². The summed E-state index contributed by atoms with van der Waals surface area (Å²) in [6, 6.07) is 7.69. The Morgan fingerprint density at radius 3 is 1.46 bits per heavy atom. The molecule has 2 unspecified atom stereocenters. The second-order valence-corrected chi connectivity index (χ2v) is 9.81. The second-order valence-electron chi connectivity index (χ2n) is 9.81. The van der Waals surface area contributed by atoms with Gasteiger partial charge in [-0.05, 0) is 80.4 Å². The van der Waals surface area contributed by atoms with Gasteiger partial charge in [-0.3, -0.25) is 9.59 Å². The molecule has 4 heteroatoms. The molecule has 1 aromatic rings. The molecular weight excluding hydrogens is 348 g/mol. The SMILES string of the molecule is O=C(Nc1cccc(NC(=O)C2CC3CCC2CC3)c1)C1CC2CCC1CC2. The van der Waals surface area contributed by atoms with Crippen molar-refractivity contribution < 1.29 is 9.59 Å². The van der Waals surface area contributed by atoms with E-state index >= 15 is 0 Å². The second kappa shape index (κ2) is 7.53. The van der Waals surface area contributed by atoms with E-state index in [1.165, 1.54) is 51.4 Å². The summed E-state index contributed by atoms with van der Waals surface area (Å²) in [5, 5.41) is 6.25. The maximum absolute atomic E-state index is 12.8. The zero-order chi connectivity index (χ0) is 19.1. The molecule has 7 rings (SSSR count). The third kappa shape index (κ3) is 3.58. The Kier molecular flexibility index (Phi) is 4.90. The molecule has 0 aliphatic heterocycles. The van der Waals surface area contributed by atoms with Crippen molar-refractivity contribution in [1.82, 2.24) is 0 Å². The number of nitrogens with one attached hydrogen (secondary N) is 2. The van der Waals surface area contributed by atoms with E-state index in [-0.39, 0.29) is 23.7 Å². The highest BCUT2D eigenvalue weighted by molar-refractivity contribution is 5.96. The van der Waals surface area contributed by atoms with Crippen LogP contribution in [0.15, 0.2) is 24.3 Å². The summed E-state index contributed by atoms with van der Waals surface area (Å²) in [6.45, 7) is 0. The zero-order valence-corrected chi connectivity index (χ0v) is 16.7. The normalized spacial score (nSPS) is 36.1. The Morgan fingerprint density at radius 2 is 1.11 bits per heavy atom. The number of hydrogen-bond donors (Lipinski definition) is 2. The van der Waals surface area contributed by atoms with E-state index in [0.717, 1.165) is 36.1 Å². The van der Waals surface area contributed by atoms with Gasteiger partial charge in [0.1, 0.15) is 0 Å². The molecule has 0 aromatic heterocycles. The van der Waals surface area contributed by atoms with Crippen LogP contribution in [0.3, 0.4) is 0 Å². The molecule has 0 heterocycles. The molecule has 6 saturated carbocycles. The van der Waals surface area contributed by atoms with Crippen molar-refractivity contribution in [3.8, 4) is 0 Å². The molecule has 6 aliphatic carbocycles. The lowest BCUT2D eigenvalue weighted by molar-refractivity contribution is -0.125. The average molecular weight is 381 g/mol. The van der Waals surface area contributed by atoms with E-state index in [4.69, 9.17) is 0 Å². The molecule has 150 valence electrons. The van der Waals surface area contributed by atoms with Crippen LogP contribution in [0.2, 0.25) is 0 Å². The van der Waals surface area contributed by atoms with Crippen LogP contribution >= 0.6 is 0 Å². The van der Waals surface area contributed by atoms with Crippen LogP contribution in [-0.4, -0.2) is 11.8 Å². The number of fused-ring (bicyclic) bond motifs is 6. The summed E-state index contributed by atoms with van der Waals surface area (Å²) in [7, 11) is 0. The first-order chi connectivity index (χ1) is 13.7.